The van der Waals surface area contributed by atoms with Gasteiger partial charge in [-0.25, -0.2) is 0 Å². The number of ether oxygens (including phenoxy) is 2. The smallest absolute Gasteiger partial charge is 0.287 e. The van der Waals surface area contributed by atoms with Crippen LogP contribution in [0.3, 0.4) is 0 Å². The lowest BCUT2D eigenvalue weighted by atomic mass is 10.2. The number of para-hydroxylation sites is 1. The first kappa shape index (κ1) is 17.9. The average Bonchev–Trinajstić information content (AvgIpc) is 3.14. The van der Waals surface area contributed by atoms with Crippen molar-refractivity contribution < 1.29 is 18.7 Å². The van der Waals surface area contributed by atoms with Gasteiger partial charge < -0.3 is 19.2 Å². The molecule has 2 aromatic carbocycles. The van der Waals surface area contributed by atoms with E-state index in [1.165, 1.54) is 6.26 Å². The van der Waals surface area contributed by atoms with E-state index < -0.39 is 0 Å². The van der Waals surface area contributed by atoms with Crippen LogP contribution in [0.15, 0.2) is 71.3 Å². The zero-order chi connectivity index (χ0) is 18.2. The van der Waals surface area contributed by atoms with Crippen LogP contribution in [0.1, 0.15) is 16.1 Å². The lowest BCUT2D eigenvalue weighted by molar-refractivity contribution is 0.0916. The molecule has 0 fully saturated rings. The zero-order valence-corrected chi connectivity index (χ0v) is 14.7. The van der Waals surface area contributed by atoms with Gasteiger partial charge in [0.05, 0.1) is 12.8 Å². The highest BCUT2D eigenvalue weighted by Gasteiger charge is 2.15. The minimum Gasteiger partial charge on any atom is -0.492 e. The van der Waals surface area contributed by atoms with Gasteiger partial charge in [-0.3, -0.25) is 4.79 Å². The fourth-order valence-electron chi connectivity index (χ4n) is 2.27. The number of benzene rings is 2. The van der Waals surface area contributed by atoms with Gasteiger partial charge in [-0.2, -0.15) is 0 Å². The second-order valence-electron chi connectivity index (χ2n) is 5.43. The minimum absolute atomic E-state index is 0.243. The number of hydrogen-bond donors (Lipinski definition) is 1. The Kier molecular flexibility index (Phi) is 6.17. The van der Waals surface area contributed by atoms with Crippen LogP contribution in [0.4, 0.5) is 0 Å². The Morgan fingerprint density at radius 3 is 2.46 bits per heavy atom. The Labute approximate surface area is 156 Å². The van der Waals surface area contributed by atoms with Crippen LogP contribution in [-0.4, -0.2) is 19.1 Å². The molecule has 3 aromatic rings. The maximum Gasteiger partial charge on any atom is 0.287 e. The first-order chi connectivity index (χ1) is 12.7. The maximum absolute atomic E-state index is 12.3. The van der Waals surface area contributed by atoms with Gasteiger partial charge in [0.2, 0.25) is 0 Å². The highest BCUT2D eigenvalue weighted by Crippen LogP contribution is 2.16. The van der Waals surface area contributed by atoms with Gasteiger partial charge in [0.1, 0.15) is 24.7 Å². The summed E-state index contributed by atoms with van der Waals surface area (Å²) < 4.78 is 16.5. The van der Waals surface area contributed by atoms with Gasteiger partial charge in [-0.05, 0) is 42.5 Å². The normalized spacial score (nSPS) is 10.3. The summed E-state index contributed by atoms with van der Waals surface area (Å²) in [5, 5.41) is 3.41. The Bertz CT molecular complexity index is 831. The molecule has 0 aliphatic carbocycles. The number of furan rings is 1. The second kappa shape index (κ2) is 8.97. The van der Waals surface area contributed by atoms with Gasteiger partial charge in [-0.1, -0.05) is 29.8 Å². The molecule has 1 heterocycles. The Hall–Kier alpha value is -2.92. The summed E-state index contributed by atoms with van der Waals surface area (Å²) in [6.45, 7) is 0.940. The van der Waals surface area contributed by atoms with Crippen LogP contribution >= 0.6 is 11.6 Å². The molecule has 1 aromatic heterocycles. The standard InChI is InChI=1S/C20H18ClNO4/c21-16-6-8-18(9-7-16)24-13-11-22-20(23)19-15(10-12-25-19)14-26-17-4-2-1-3-5-17/h1-10,12H,11,13-14H2,(H,22,23). The Morgan fingerprint density at radius 2 is 1.69 bits per heavy atom. The van der Waals surface area contributed by atoms with E-state index in [0.29, 0.717) is 29.5 Å². The van der Waals surface area contributed by atoms with E-state index in [1.54, 1.807) is 30.3 Å². The van der Waals surface area contributed by atoms with Crippen molar-refractivity contribution >= 4 is 17.5 Å². The fraction of sp³-hybridized carbons (Fsp3) is 0.150. The molecule has 1 amide bonds. The monoisotopic (exact) mass is 371 g/mol. The maximum atomic E-state index is 12.3. The predicted molar refractivity (Wildman–Crippen MR) is 98.8 cm³/mol. The SMILES string of the molecule is O=C(NCCOc1ccc(Cl)cc1)c1occc1COc1ccccc1. The van der Waals surface area contributed by atoms with E-state index in [1.807, 2.05) is 30.3 Å². The molecule has 5 nitrogen and oxygen atoms in total. The third-order valence-electron chi connectivity index (χ3n) is 3.56. The van der Waals surface area contributed by atoms with Crippen molar-refractivity contribution in [2.24, 2.45) is 0 Å². The molecule has 0 saturated heterocycles. The largest absolute Gasteiger partial charge is 0.492 e. The van der Waals surface area contributed by atoms with E-state index in [0.717, 1.165) is 5.75 Å². The summed E-state index contributed by atoms with van der Waals surface area (Å²) in [7, 11) is 0. The Morgan fingerprint density at radius 1 is 0.962 bits per heavy atom. The lowest BCUT2D eigenvalue weighted by Gasteiger charge is -2.08. The molecule has 134 valence electrons. The van der Waals surface area contributed by atoms with Gasteiger partial charge in [-0.15, -0.1) is 0 Å². The van der Waals surface area contributed by atoms with Crippen molar-refractivity contribution in [1.82, 2.24) is 5.32 Å². The van der Waals surface area contributed by atoms with Crippen LogP contribution in [0.25, 0.3) is 0 Å². The van der Waals surface area contributed by atoms with E-state index in [-0.39, 0.29) is 18.3 Å². The summed E-state index contributed by atoms with van der Waals surface area (Å²) in [6.07, 6.45) is 1.48. The molecule has 0 saturated carbocycles. The second-order valence-corrected chi connectivity index (χ2v) is 5.87. The first-order valence-corrected chi connectivity index (χ1v) is 8.51. The van der Waals surface area contributed by atoms with Crippen LogP contribution in [0.2, 0.25) is 5.02 Å². The summed E-state index contributed by atoms with van der Waals surface area (Å²) in [6, 6.07) is 18.2. The highest BCUT2D eigenvalue weighted by atomic mass is 35.5. The predicted octanol–water partition coefficient (Wildman–Crippen LogP) is 4.32. The van der Waals surface area contributed by atoms with Crippen molar-refractivity contribution in [2.45, 2.75) is 6.61 Å². The molecule has 0 atom stereocenters. The lowest BCUT2D eigenvalue weighted by Crippen LogP contribution is -2.28. The number of carbonyl (C=O) groups is 1. The molecule has 3 rings (SSSR count). The van der Waals surface area contributed by atoms with Crippen molar-refractivity contribution in [3.63, 3.8) is 0 Å². The van der Waals surface area contributed by atoms with Crippen LogP contribution in [0.5, 0.6) is 11.5 Å². The number of hydrogen-bond acceptors (Lipinski definition) is 4. The van der Waals surface area contributed by atoms with E-state index in [2.05, 4.69) is 5.32 Å². The molecule has 0 aliphatic heterocycles. The third-order valence-corrected chi connectivity index (χ3v) is 3.81. The van der Waals surface area contributed by atoms with Crippen molar-refractivity contribution in [2.75, 3.05) is 13.2 Å². The van der Waals surface area contributed by atoms with Crippen LogP contribution in [-0.2, 0) is 6.61 Å². The van der Waals surface area contributed by atoms with Crippen molar-refractivity contribution in [1.29, 1.82) is 0 Å². The van der Waals surface area contributed by atoms with Gasteiger partial charge in [0.25, 0.3) is 5.91 Å². The molecule has 0 unspecified atom stereocenters. The molecule has 26 heavy (non-hydrogen) atoms. The number of halogens is 1. The van der Waals surface area contributed by atoms with Gasteiger partial charge in [0, 0.05) is 10.6 Å². The third kappa shape index (κ3) is 5.04. The average molecular weight is 372 g/mol. The molecule has 1 N–H and O–H groups in total. The van der Waals surface area contributed by atoms with Crippen LogP contribution < -0.4 is 14.8 Å². The molecule has 0 bridgehead atoms. The quantitative estimate of drug-likeness (QED) is 0.599. The zero-order valence-electron chi connectivity index (χ0n) is 14.0. The molecule has 0 radical (unpaired) electrons. The topological polar surface area (TPSA) is 60.7 Å². The van der Waals surface area contributed by atoms with E-state index >= 15 is 0 Å². The summed E-state index contributed by atoms with van der Waals surface area (Å²) in [5.74, 6) is 1.36. The summed E-state index contributed by atoms with van der Waals surface area (Å²) in [4.78, 5) is 12.3. The van der Waals surface area contributed by atoms with Crippen molar-refractivity contribution in [3.05, 3.63) is 83.3 Å². The summed E-state index contributed by atoms with van der Waals surface area (Å²) in [5.41, 5.74) is 0.685. The molecule has 0 aliphatic rings. The number of rotatable bonds is 8. The molecular formula is C20H18ClNO4. The summed E-state index contributed by atoms with van der Waals surface area (Å²) >= 11 is 5.82. The molecule has 0 spiro atoms. The van der Waals surface area contributed by atoms with Crippen molar-refractivity contribution in [3.8, 4) is 11.5 Å². The van der Waals surface area contributed by atoms with Gasteiger partial charge >= 0.3 is 0 Å². The fourth-order valence-corrected chi connectivity index (χ4v) is 2.40. The molecule has 6 heteroatoms. The van der Waals surface area contributed by atoms with E-state index in [4.69, 9.17) is 25.5 Å². The first-order valence-electron chi connectivity index (χ1n) is 8.13. The van der Waals surface area contributed by atoms with E-state index in [9.17, 15) is 4.79 Å². The molecular weight excluding hydrogens is 354 g/mol. The van der Waals surface area contributed by atoms with Crippen LogP contribution in [0, 0.1) is 0 Å². The van der Waals surface area contributed by atoms with Gasteiger partial charge in [0.15, 0.2) is 5.76 Å². The Balaban J connectivity index is 1.46. The number of nitrogens with one attached hydrogen (secondary N) is 1. The highest BCUT2D eigenvalue weighted by molar-refractivity contribution is 6.30. The number of carbonyl (C=O) groups excluding carboxylic acids is 1. The number of amides is 1. The minimum atomic E-state index is -0.304.